The fourth-order valence-corrected chi connectivity index (χ4v) is 4.13. The van der Waals surface area contributed by atoms with Gasteiger partial charge < -0.3 is 10.1 Å². The summed E-state index contributed by atoms with van der Waals surface area (Å²) in [5.41, 5.74) is 2.78. The molecular formula is C25H20N4O2S. The Bertz CT molecular complexity index is 1280. The maximum absolute atomic E-state index is 12.9. The minimum atomic E-state index is -0.193. The third-order valence-corrected chi connectivity index (χ3v) is 5.92. The topological polar surface area (TPSA) is 79.9 Å². The average molecular weight is 441 g/mol. The van der Waals surface area contributed by atoms with E-state index in [0.717, 1.165) is 26.9 Å². The van der Waals surface area contributed by atoms with Crippen LogP contribution in [0.5, 0.6) is 5.75 Å². The monoisotopic (exact) mass is 440 g/mol. The van der Waals surface area contributed by atoms with E-state index < -0.39 is 0 Å². The van der Waals surface area contributed by atoms with E-state index in [1.807, 2.05) is 72.9 Å². The SMILES string of the molecule is COc1ccc(-n2ccc(CNC(=O)c3ccccc3Sc3ccccc3C#N)n2)cc1. The molecule has 0 saturated heterocycles. The second-order valence-electron chi connectivity index (χ2n) is 6.84. The summed E-state index contributed by atoms with van der Waals surface area (Å²) in [5.74, 6) is 0.587. The van der Waals surface area contributed by atoms with Crippen LogP contribution in [0.15, 0.2) is 94.9 Å². The summed E-state index contributed by atoms with van der Waals surface area (Å²) in [6.07, 6.45) is 1.85. The summed E-state index contributed by atoms with van der Waals surface area (Å²) in [6.45, 7) is 0.301. The number of hydrogen-bond acceptors (Lipinski definition) is 5. The first kappa shape index (κ1) is 21.2. The van der Waals surface area contributed by atoms with Gasteiger partial charge in [-0.05, 0) is 54.6 Å². The Kier molecular flexibility index (Phi) is 6.54. The molecule has 7 heteroatoms. The highest BCUT2D eigenvalue weighted by Gasteiger charge is 2.14. The highest BCUT2D eigenvalue weighted by atomic mass is 32.2. The number of ether oxygens (including phenoxy) is 1. The standard InChI is InChI=1S/C25H20N4O2S/c1-31-21-12-10-20(11-13-21)29-15-14-19(28-29)17-27-25(30)22-7-3-5-9-24(22)32-23-8-4-2-6-18(23)16-26/h2-15H,17H2,1H3,(H,27,30). The Labute approximate surface area is 190 Å². The maximum Gasteiger partial charge on any atom is 0.252 e. The lowest BCUT2D eigenvalue weighted by atomic mass is 10.2. The highest BCUT2D eigenvalue weighted by Crippen LogP contribution is 2.32. The molecule has 1 aromatic heterocycles. The van der Waals surface area contributed by atoms with E-state index in [0.29, 0.717) is 17.7 Å². The second-order valence-corrected chi connectivity index (χ2v) is 7.92. The van der Waals surface area contributed by atoms with Gasteiger partial charge in [0, 0.05) is 16.0 Å². The Morgan fingerprint density at radius 3 is 2.50 bits per heavy atom. The summed E-state index contributed by atoms with van der Waals surface area (Å²) in [7, 11) is 1.63. The van der Waals surface area contributed by atoms with Crippen molar-refractivity contribution in [2.24, 2.45) is 0 Å². The van der Waals surface area contributed by atoms with Crippen molar-refractivity contribution in [2.45, 2.75) is 16.3 Å². The van der Waals surface area contributed by atoms with Gasteiger partial charge in [-0.2, -0.15) is 10.4 Å². The minimum absolute atomic E-state index is 0.193. The number of amides is 1. The molecule has 0 spiro atoms. The molecule has 1 heterocycles. The summed E-state index contributed by atoms with van der Waals surface area (Å²) >= 11 is 1.41. The molecule has 0 saturated carbocycles. The van der Waals surface area contributed by atoms with Crippen LogP contribution >= 0.6 is 11.8 Å². The Hall–Kier alpha value is -4.02. The Morgan fingerprint density at radius 2 is 1.75 bits per heavy atom. The van der Waals surface area contributed by atoms with Crippen LogP contribution in [-0.4, -0.2) is 22.8 Å². The number of nitrogens with one attached hydrogen (secondary N) is 1. The van der Waals surface area contributed by atoms with E-state index in [4.69, 9.17) is 4.74 Å². The fourth-order valence-electron chi connectivity index (χ4n) is 3.11. The largest absolute Gasteiger partial charge is 0.497 e. The van der Waals surface area contributed by atoms with Crippen LogP contribution in [-0.2, 0) is 6.54 Å². The van der Waals surface area contributed by atoms with Crippen LogP contribution in [0.3, 0.4) is 0 Å². The molecule has 0 aliphatic rings. The van der Waals surface area contributed by atoms with Crippen molar-refractivity contribution < 1.29 is 9.53 Å². The molecule has 4 aromatic rings. The third-order valence-electron chi connectivity index (χ3n) is 4.77. The Balaban J connectivity index is 1.45. The van der Waals surface area contributed by atoms with Gasteiger partial charge in [0.05, 0.1) is 36.2 Å². The van der Waals surface area contributed by atoms with Gasteiger partial charge in [0.15, 0.2) is 0 Å². The molecule has 1 N–H and O–H groups in total. The van der Waals surface area contributed by atoms with Crippen molar-refractivity contribution >= 4 is 17.7 Å². The van der Waals surface area contributed by atoms with Crippen molar-refractivity contribution in [3.63, 3.8) is 0 Å². The smallest absolute Gasteiger partial charge is 0.252 e. The maximum atomic E-state index is 12.9. The minimum Gasteiger partial charge on any atom is -0.497 e. The van der Waals surface area contributed by atoms with E-state index in [1.165, 1.54) is 11.8 Å². The molecule has 1 amide bonds. The van der Waals surface area contributed by atoms with Gasteiger partial charge in [-0.3, -0.25) is 4.79 Å². The zero-order valence-corrected chi connectivity index (χ0v) is 18.2. The van der Waals surface area contributed by atoms with Gasteiger partial charge in [0.1, 0.15) is 11.8 Å². The third kappa shape index (κ3) is 4.82. The second kappa shape index (κ2) is 9.86. The molecule has 158 valence electrons. The van der Waals surface area contributed by atoms with Gasteiger partial charge in [-0.15, -0.1) is 0 Å². The molecule has 0 aliphatic carbocycles. The number of methoxy groups -OCH3 is 1. The number of nitriles is 1. The van der Waals surface area contributed by atoms with Crippen LogP contribution in [0.1, 0.15) is 21.6 Å². The lowest BCUT2D eigenvalue weighted by Crippen LogP contribution is -2.23. The number of rotatable bonds is 7. The summed E-state index contributed by atoms with van der Waals surface area (Å²) in [4.78, 5) is 14.5. The van der Waals surface area contributed by atoms with Gasteiger partial charge >= 0.3 is 0 Å². The van der Waals surface area contributed by atoms with Crippen LogP contribution in [0.25, 0.3) is 5.69 Å². The number of benzene rings is 3. The molecule has 6 nitrogen and oxygen atoms in total. The molecule has 0 atom stereocenters. The quantitative estimate of drug-likeness (QED) is 0.445. The average Bonchev–Trinajstić information content (AvgIpc) is 3.32. The summed E-state index contributed by atoms with van der Waals surface area (Å²) in [6, 6.07) is 26.4. The molecule has 0 bridgehead atoms. The molecule has 4 rings (SSSR count). The van der Waals surface area contributed by atoms with E-state index in [1.54, 1.807) is 23.9 Å². The van der Waals surface area contributed by atoms with Gasteiger partial charge in [-0.1, -0.05) is 36.0 Å². The number of carbonyl (C=O) groups excluding carboxylic acids is 1. The number of carbonyl (C=O) groups is 1. The van der Waals surface area contributed by atoms with Crippen LogP contribution in [0.2, 0.25) is 0 Å². The zero-order chi connectivity index (χ0) is 22.3. The molecule has 0 fully saturated rings. The molecule has 0 radical (unpaired) electrons. The molecular weight excluding hydrogens is 420 g/mol. The first-order valence-electron chi connectivity index (χ1n) is 9.91. The van der Waals surface area contributed by atoms with E-state index in [2.05, 4.69) is 16.5 Å². The molecule has 32 heavy (non-hydrogen) atoms. The van der Waals surface area contributed by atoms with Crippen molar-refractivity contribution in [3.05, 3.63) is 102 Å². The first-order chi connectivity index (χ1) is 15.7. The van der Waals surface area contributed by atoms with Crippen LogP contribution < -0.4 is 10.1 Å². The van der Waals surface area contributed by atoms with Gasteiger partial charge in [-0.25, -0.2) is 4.68 Å². The number of aromatic nitrogens is 2. The first-order valence-corrected chi connectivity index (χ1v) is 10.7. The molecule has 3 aromatic carbocycles. The van der Waals surface area contributed by atoms with Crippen molar-refractivity contribution in [1.82, 2.24) is 15.1 Å². The van der Waals surface area contributed by atoms with Crippen LogP contribution in [0, 0.1) is 11.3 Å². The zero-order valence-electron chi connectivity index (χ0n) is 17.4. The summed E-state index contributed by atoms with van der Waals surface area (Å²) in [5, 5.41) is 16.8. The lowest BCUT2D eigenvalue weighted by Gasteiger charge is -2.10. The summed E-state index contributed by atoms with van der Waals surface area (Å²) < 4.78 is 6.94. The normalized spacial score (nSPS) is 10.4. The highest BCUT2D eigenvalue weighted by molar-refractivity contribution is 7.99. The van der Waals surface area contributed by atoms with Gasteiger partial charge in [0.2, 0.25) is 0 Å². The number of hydrogen-bond donors (Lipinski definition) is 1. The van der Waals surface area contributed by atoms with E-state index in [9.17, 15) is 10.1 Å². The fraction of sp³-hybridized carbons (Fsp3) is 0.0800. The molecule has 0 unspecified atom stereocenters. The van der Waals surface area contributed by atoms with E-state index in [-0.39, 0.29) is 5.91 Å². The predicted octanol–water partition coefficient (Wildman–Crippen LogP) is 4.83. The van der Waals surface area contributed by atoms with E-state index >= 15 is 0 Å². The Morgan fingerprint density at radius 1 is 1.03 bits per heavy atom. The van der Waals surface area contributed by atoms with Gasteiger partial charge in [0.25, 0.3) is 5.91 Å². The van der Waals surface area contributed by atoms with Crippen molar-refractivity contribution in [1.29, 1.82) is 5.26 Å². The van der Waals surface area contributed by atoms with Crippen LogP contribution in [0.4, 0.5) is 0 Å². The number of nitrogens with zero attached hydrogens (tertiary/aromatic N) is 3. The van der Waals surface area contributed by atoms with Crippen molar-refractivity contribution in [3.8, 4) is 17.5 Å². The lowest BCUT2D eigenvalue weighted by molar-refractivity contribution is 0.0947. The predicted molar refractivity (Wildman–Crippen MR) is 123 cm³/mol. The molecule has 0 aliphatic heterocycles. The van der Waals surface area contributed by atoms with Crippen molar-refractivity contribution in [2.75, 3.05) is 7.11 Å².